The first-order valence-corrected chi connectivity index (χ1v) is 30.6. The molecule has 2 atom stereocenters. The number of hydrogen-bond donors (Lipinski definition) is 3. The van der Waals surface area contributed by atoms with Gasteiger partial charge < -0.3 is 20.3 Å². The molecule has 0 radical (unpaired) electrons. The smallest absolute Gasteiger partial charge is 0.305 e. The Bertz CT molecular complexity index is 1060. The van der Waals surface area contributed by atoms with E-state index in [4.69, 9.17) is 4.74 Å². The fourth-order valence-electron chi connectivity index (χ4n) is 9.51. The minimum absolute atomic E-state index is 0.00198. The largest absolute Gasteiger partial charge is 0.466 e. The Morgan fingerprint density at radius 3 is 1.04 bits per heavy atom. The molecule has 0 rings (SSSR count). The van der Waals surface area contributed by atoms with Gasteiger partial charge in [-0.1, -0.05) is 289 Å². The molecule has 3 N–H and O–H groups in total. The Kier molecular flexibility index (Phi) is 56.5. The number of carbonyl (C=O) groups excluding carboxylic acids is 2. The third-order valence-electron chi connectivity index (χ3n) is 14.2. The highest BCUT2D eigenvalue weighted by Gasteiger charge is 2.18. The van der Waals surface area contributed by atoms with Crippen LogP contribution in [0, 0.1) is 0 Å². The average Bonchev–Trinajstić information content (AvgIpc) is 3.34. The summed E-state index contributed by atoms with van der Waals surface area (Å²) in [7, 11) is 0. The van der Waals surface area contributed by atoms with E-state index in [0.717, 1.165) is 44.9 Å². The van der Waals surface area contributed by atoms with Crippen molar-refractivity contribution in [2.45, 2.75) is 347 Å². The molecular weight excluding hydrogens is 839 g/mol. The molecule has 2 unspecified atom stereocenters. The summed E-state index contributed by atoms with van der Waals surface area (Å²) in [5.74, 6) is -0.0695. The summed E-state index contributed by atoms with van der Waals surface area (Å²) in [4.78, 5) is 24.6. The van der Waals surface area contributed by atoms with E-state index in [-0.39, 0.29) is 18.5 Å². The van der Waals surface area contributed by atoms with Crippen molar-refractivity contribution in [3.05, 3.63) is 24.3 Å². The highest BCUT2D eigenvalue weighted by Crippen LogP contribution is 2.17. The normalized spacial score (nSPS) is 12.7. The van der Waals surface area contributed by atoms with E-state index >= 15 is 0 Å². The highest BCUT2D eigenvalue weighted by molar-refractivity contribution is 5.76. The van der Waals surface area contributed by atoms with Gasteiger partial charge in [-0.15, -0.1) is 0 Å². The number of rotatable bonds is 57. The van der Waals surface area contributed by atoms with Gasteiger partial charge in [-0.05, 0) is 57.8 Å². The fourth-order valence-corrected chi connectivity index (χ4v) is 9.51. The molecule has 0 heterocycles. The molecule has 0 aliphatic rings. The molecule has 0 aromatic rings. The van der Waals surface area contributed by atoms with Crippen molar-refractivity contribution in [2.24, 2.45) is 0 Å². The molecule has 0 aliphatic carbocycles. The van der Waals surface area contributed by atoms with Gasteiger partial charge in [0.25, 0.3) is 0 Å². The zero-order valence-corrected chi connectivity index (χ0v) is 45.9. The van der Waals surface area contributed by atoms with Crippen LogP contribution >= 0.6 is 0 Å². The Hall–Kier alpha value is -1.66. The van der Waals surface area contributed by atoms with Crippen molar-refractivity contribution in [1.82, 2.24) is 5.32 Å². The molecule has 6 heteroatoms. The molecule has 0 saturated carbocycles. The van der Waals surface area contributed by atoms with Crippen molar-refractivity contribution in [2.75, 3.05) is 13.2 Å². The molecule has 6 nitrogen and oxygen atoms in total. The van der Waals surface area contributed by atoms with E-state index in [1.165, 1.54) is 263 Å². The van der Waals surface area contributed by atoms with Crippen molar-refractivity contribution < 1.29 is 24.5 Å². The minimum Gasteiger partial charge on any atom is -0.466 e. The van der Waals surface area contributed by atoms with E-state index in [1.54, 1.807) is 6.08 Å². The highest BCUT2D eigenvalue weighted by atomic mass is 16.5. The van der Waals surface area contributed by atoms with E-state index < -0.39 is 12.1 Å². The van der Waals surface area contributed by atoms with Crippen LogP contribution in [0.25, 0.3) is 0 Å². The molecule has 1 amide bonds. The van der Waals surface area contributed by atoms with Gasteiger partial charge in [0.1, 0.15) is 0 Å². The monoisotopic (exact) mass is 958 g/mol. The van der Waals surface area contributed by atoms with E-state index in [2.05, 4.69) is 31.3 Å². The van der Waals surface area contributed by atoms with Crippen LogP contribution in [0.15, 0.2) is 24.3 Å². The summed E-state index contributed by atoms with van der Waals surface area (Å²) in [6.45, 7) is 4.91. The van der Waals surface area contributed by atoms with Gasteiger partial charge in [-0.3, -0.25) is 9.59 Å². The lowest BCUT2D eigenvalue weighted by atomic mass is 10.0. The summed E-state index contributed by atoms with van der Waals surface area (Å²) in [5, 5.41) is 23.1. The maximum atomic E-state index is 12.5. The van der Waals surface area contributed by atoms with Crippen LogP contribution in [0.2, 0.25) is 0 Å². The maximum Gasteiger partial charge on any atom is 0.305 e. The van der Waals surface area contributed by atoms with Crippen molar-refractivity contribution in [3.63, 3.8) is 0 Å². The van der Waals surface area contributed by atoms with E-state index in [1.807, 2.05) is 6.08 Å². The summed E-state index contributed by atoms with van der Waals surface area (Å²) >= 11 is 0. The predicted octanol–water partition coefficient (Wildman–Crippen LogP) is 19.0. The van der Waals surface area contributed by atoms with Crippen LogP contribution in [0.4, 0.5) is 0 Å². The van der Waals surface area contributed by atoms with Gasteiger partial charge in [-0.2, -0.15) is 0 Å². The minimum atomic E-state index is -0.848. The first-order valence-electron chi connectivity index (χ1n) is 30.6. The van der Waals surface area contributed by atoms with Crippen molar-refractivity contribution in [1.29, 1.82) is 0 Å². The summed E-state index contributed by atoms with van der Waals surface area (Å²) in [6.07, 6.45) is 70.6. The Morgan fingerprint density at radius 2 is 0.691 bits per heavy atom. The topological polar surface area (TPSA) is 95.9 Å². The SMILES string of the molecule is CCCCCCCCC/C=C\CCCCCCCCCC(=O)OCCCCCCCCCCCCCCCCCCCC(=O)NC(CO)C(O)/C=C/CCCCCCCCCCCCCCCC. The number of aliphatic hydroxyl groups excluding tert-OH is 2. The molecule has 0 aliphatic heterocycles. The molecule has 402 valence electrons. The van der Waals surface area contributed by atoms with Crippen molar-refractivity contribution >= 4 is 11.9 Å². The summed E-state index contributed by atoms with van der Waals surface area (Å²) in [5.41, 5.74) is 0. The van der Waals surface area contributed by atoms with Gasteiger partial charge in [0.2, 0.25) is 5.91 Å². The van der Waals surface area contributed by atoms with Gasteiger partial charge in [0.15, 0.2) is 0 Å². The third kappa shape index (κ3) is 53.7. The van der Waals surface area contributed by atoms with Crippen molar-refractivity contribution in [3.8, 4) is 0 Å². The van der Waals surface area contributed by atoms with Crippen LogP contribution in [0.5, 0.6) is 0 Å². The zero-order chi connectivity index (χ0) is 49.3. The zero-order valence-electron chi connectivity index (χ0n) is 45.9. The number of allylic oxidation sites excluding steroid dienone is 3. The predicted molar refractivity (Wildman–Crippen MR) is 296 cm³/mol. The van der Waals surface area contributed by atoms with Crippen LogP contribution in [0.3, 0.4) is 0 Å². The molecular formula is C62H119NO5. The van der Waals surface area contributed by atoms with Crippen LogP contribution in [-0.2, 0) is 14.3 Å². The number of hydrogen-bond acceptors (Lipinski definition) is 5. The number of unbranched alkanes of at least 4 members (excludes halogenated alkanes) is 44. The summed E-state index contributed by atoms with van der Waals surface area (Å²) < 4.78 is 5.49. The Labute approximate surface area is 424 Å². The third-order valence-corrected chi connectivity index (χ3v) is 14.2. The Balaban J connectivity index is 3.42. The van der Waals surface area contributed by atoms with Gasteiger partial charge >= 0.3 is 5.97 Å². The summed E-state index contributed by atoms with van der Waals surface area (Å²) in [6, 6.07) is -0.632. The fraction of sp³-hybridized carbons (Fsp3) is 0.903. The lowest BCUT2D eigenvalue weighted by Crippen LogP contribution is -2.45. The lowest BCUT2D eigenvalue weighted by Gasteiger charge is -2.20. The average molecular weight is 959 g/mol. The second kappa shape index (κ2) is 57.9. The van der Waals surface area contributed by atoms with Gasteiger partial charge in [0.05, 0.1) is 25.4 Å². The molecule has 0 spiro atoms. The van der Waals surface area contributed by atoms with E-state index in [9.17, 15) is 19.8 Å². The number of esters is 1. The van der Waals surface area contributed by atoms with Crippen LogP contribution in [-0.4, -0.2) is 47.4 Å². The number of ether oxygens (including phenoxy) is 1. The number of carbonyl (C=O) groups is 2. The Morgan fingerprint density at radius 1 is 0.397 bits per heavy atom. The molecule has 0 fully saturated rings. The first-order chi connectivity index (χ1) is 33.5. The molecule has 0 saturated heterocycles. The second-order valence-corrected chi connectivity index (χ2v) is 21.0. The van der Waals surface area contributed by atoms with Gasteiger partial charge in [0, 0.05) is 12.8 Å². The second-order valence-electron chi connectivity index (χ2n) is 21.0. The molecule has 0 bridgehead atoms. The number of nitrogens with one attached hydrogen (secondary N) is 1. The first kappa shape index (κ1) is 66.3. The van der Waals surface area contributed by atoms with Crippen LogP contribution < -0.4 is 5.32 Å². The quantitative estimate of drug-likeness (QED) is 0.0321. The molecule has 68 heavy (non-hydrogen) atoms. The number of aliphatic hydroxyl groups is 2. The number of amides is 1. The van der Waals surface area contributed by atoms with Crippen LogP contribution in [0.1, 0.15) is 335 Å². The van der Waals surface area contributed by atoms with E-state index in [0.29, 0.717) is 19.4 Å². The molecule has 0 aromatic heterocycles. The molecule has 0 aromatic carbocycles. The lowest BCUT2D eigenvalue weighted by molar-refractivity contribution is -0.143. The van der Waals surface area contributed by atoms with Gasteiger partial charge in [-0.25, -0.2) is 0 Å². The maximum absolute atomic E-state index is 12.5. The standard InChI is InChI=1S/C62H119NO5/c1-3-5-7-9-11-13-15-17-19-21-24-28-32-36-40-44-48-52-56-62(67)68-57-53-49-45-41-37-33-29-25-22-23-27-31-35-39-43-47-51-55-61(66)63-59(58-64)60(65)54-50-46-42-38-34-30-26-20-18-16-14-12-10-8-6-4-2/h19,21,50,54,59-60,64-65H,3-18,20,22-49,51-53,55-58H2,1-2H3,(H,63,66)/b21-19-,54-50+.